The summed E-state index contributed by atoms with van der Waals surface area (Å²) in [5.74, 6) is -1.03. The lowest BCUT2D eigenvalue weighted by Gasteiger charge is -2.12. The molecule has 2 aromatic carbocycles. The zero-order valence-corrected chi connectivity index (χ0v) is 20.4. The molecule has 0 bridgehead atoms. The standard InChI is InChI=1S/C27H10F6N4O2S/c28-26(29,30)38-12-1-3-14-16(5-12)20(11(7-34)8-35)24-22(14)23-15-4-2-13(39-27(31,32)33)6-17(15)21(25(23)40-24)18(9-36)19-10-37-19/h1-6,19,37H,10H2/b21-18-. The van der Waals surface area contributed by atoms with E-state index in [0.717, 1.165) is 29.5 Å². The molecule has 13 heteroatoms. The number of benzene rings is 2. The van der Waals surface area contributed by atoms with Gasteiger partial charge in [-0.25, -0.2) is 0 Å². The van der Waals surface area contributed by atoms with Gasteiger partial charge >= 0.3 is 12.7 Å². The second-order valence-electron chi connectivity index (χ2n) is 8.86. The highest BCUT2D eigenvalue weighted by Gasteiger charge is 2.42. The van der Waals surface area contributed by atoms with Crippen molar-refractivity contribution >= 4 is 22.5 Å². The highest BCUT2D eigenvalue weighted by atomic mass is 32.1. The third-order valence-corrected chi connectivity index (χ3v) is 7.73. The smallest absolute Gasteiger partial charge is 0.406 e. The number of hydrogen-bond donors (Lipinski definition) is 1. The van der Waals surface area contributed by atoms with Crippen molar-refractivity contribution in [1.82, 2.24) is 5.32 Å². The van der Waals surface area contributed by atoms with E-state index in [1.807, 2.05) is 0 Å². The predicted molar refractivity (Wildman–Crippen MR) is 129 cm³/mol. The van der Waals surface area contributed by atoms with Gasteiger partial charge in [-0.2, -0.15) is 15.8 Å². The SMILES string of the molecule is N#CC(C#N)=C1c2cc(OC(F)(F)F)ccc2-c2c1sc1c2-c2ccc(OC(F)(F)F)cc2/C1=C(\C#N)C1CN1. The lowest BCUT2D eigenvalue weighted by atomic mass is 9.98. The normalized spacial score (nSPS) is 17.5. The molecule has 6 rings (SSSR count). The number of ether oxygens (including phenoxy) is 2. The molecule has 0 saturated carbocycles. The number of thiophene rings is 1. The lowest BCUT2D eigenvalue weighted by molar-refractivity contribution is -0.275. The Labute approximate surface area is 225 Å². The van der Waals surface area contributed by atoms with Crippen LogP contribution in [0.15, 0.2) is 47.5 Å². The molecule has 0 spiro atoms. The van der Waals surface area contributed by atoms with Crippen LogP contribution >= 0.6 is 11.3 Å². The van der Waals surface area contributed by atoms with Gasteiger partial charge in [-0.15, -0.1) is 37.7 Å². The number of alkyl halides is 6. The maximum atomic E-state index is 13.0. The van der Waals surface area contributed by atoms with Gasteiger partial charge in [-0.1, -0.05) is 0 Å². The first-order chi connectivity index (χ1) is 18.9. The minimum atomic E-state index is -4.98. The van der Waals surface area contributed by atoms with E-state index >= 15 is 0 Å². The Balaban J connectivity index is 1.65. The second-order valence-corrected chi connectivity index (χ2v) is 9.88. The topological polar surface area (TPSA) is 112 Å². The quantitative estimate of drug-likeness (QED) is 0.148. The van der Waals surface area contributed by atoms with Crippen LogP contribution in [0.1, 0.15) is 20.9 Å². The van der Waals surface area contributed by atoms with Crippen LogP contribution in [0.5, 0.6) is 11.5 Å². The van der Waals surface area contributed by atoms with E-state index in [9.17, 15) is 42.1 Å². The number of rotatable bonds is 3. The molecule has 6 nitrogen and oxygen atoms in total. The van der Waals surface area contributed by atoms with Crippen molar-refractivity contribution in [3.05, 3.63) is 68.4 Å². The number of nitrogens with one attached hydrogen (secondary N) is 1. The molecule has 198 valence electrons. The first-order valence-electron chi connectivity index (χ1n) is 11.3. The molecule has 1 aromatic heterocycles. The Kier molecular flexibility index (Phi) is 5.49. The minimum absolute atomic E-state index is 0.114. The molecular formula is C27H10F6N4O2S. The summed E-state index contributed by atoms with van der Waals surface area (Å²) < 4.78 is 85.9. The molecule has 1 N–H and O–H groups in total. The van der Waals surface area contributed by atoms with Crippen LogP contribution in [0.4, 0.5) is 26.3 Å². The van der Waals surface area contributed by atoms with Gasteiger partial charge in [0.05, 0.1) is 17.7 Å². The number of nitriles is 3. The van der Waals surface area contributed by atoms with Crippen molar-refractivity contribution in [2.45, 2.75) is 18.8 Å². The summed E-state index contributed by atoms with van der Waals surface area (Å²) in [6.45, 7) is 0.490. The maximum Gasteiger partial charge on any atom is 0.573 e. The van der Waals surface area contributed by atoms with Gasteiger partial charge < -0.3 is 14.8 Å². The molecule has 1 unspecified atom stereocenters. The number of fused-ring (bicyclic) bond motifs is 7. The van der Waals surface area contributed by atoms with Crippen LogP contribution in [-0.2, 0) is 0 Å². The summed E-state index contributed by atoms with van der Waals surface area (Å²) in [5.41, 5.74) is 2.87. The van der Waals surface area contributed by atoms with Crippen molar-refractivity contribution in [3.8, 4) is 52.0 Å². The molecule has 3 aromatic rings. The fourth-order valence-corrected chi connectivity index (χ4v) is 6.52. The van der Waals surface area contributed by atoms with Crippen LogP contribution in [0.2, 0.25) is 0 Å². The largest absolute Gasteiger partial charge is 0.573 e. The maximum absolute atomic E-state index is 13.0. The van der Waals surface area contributed by atoms with Crippen molar-refractivity contribution in [2.24, 2.45) is 0 Å². The summed E-state index contributed by atoms with van der Waals surface area (Å²) in [4.78, 5) is 0.950. The van der Waals surface area contributed by atoms with Gasteiger partial charge in [0.1, 0.15) is 29.2 Å². The highest BCUT2D eigenvalue weighted by Crippen LogP contribution is 2.62. The molecule has 1 saturated heterocycles. The zero-order valence-electron chi connectivity index (χ0n) is 19.6. The van der Waals surface area contributed by atoms with Gasteiger partial charge in [-0.3, -0.25) is 0 Å². The van der Waals surface area contributed by atoms with E-state index in [-0.39, 0.29) is 22.8 Å². The van der Waals surface area contributed by atoms with Gasteiger partial charge in [-0.05, 0) is 58.7 Å². The van der Waals surface area contributed by atoms with Crippen molar-refractivity contribution < 1.29 is 35.8 Å². The average molecular weight is 568 g/mol. The van der Waals surface area contributed by atoms with Crippen molar-refractivity contribution in [2.75, 3.05) is 6.54 Å². The van der Waals surface area contributed by atoms with E-state index in [0.29, 0.717) is 55.3 Å². The Morgan fingerprint density at radius 3 is 1.65 bits per heavy atom. The van der Waals surface area contributed by atoms with Crippen LogP contribution in [0, 0.1) is 34.0 Å². The molecule has 1 fully saturated rings. The first kappa shape index (κ1) is 25.5. The first-order valence-corrected chi connectivity index (χ1v) is 12.2. The molecule has 40 heavy (non-hydrogen) atoms. The Bertz CT molecular complexity index is 1810. The van der Waals surface area contributed by atoms with Crippen LogP contribution in [0.25, 0.3) is 33.4 Å². The predicted octanol–water partition coefficient (Wildman–Crippen LogP) is 6.65. The fraction of sp³-hybridized carbons (Fsp3) is 0.148. The summed E-state index contributed by atoms with van der Waals surface area (Å²) in [7, 11) is 0. The summed E-state index contributed by atoms with van der Waals surface area (Å²) in [6.07, 6.45) is -9.92. The Morgan fingerprint density at radius 2 is 1.23 bits per heavy atom. The third-order valence-electron chi connectivity index (χ3n) is 6.51. The average Bonchev–Trinajstić information content (AvgIpc) is 3.48. The monoisotopic (exact) mass is 568 g/mol. The molecular weight excluding hydrogens is 558 g/mol. The van der Waals surface area contributed by atoms with E-state index in [4.69, 9.17) is 0 Å². The number of nitrogens with zero attached hydrogens (tertiary/aromatic N) is 3. The molecule has 2 aliphatic carbocycles. The van der Waals surface area contributed by atoms with Gasteiger partial charge in [0.25, 0.3) is 0 Å². The van der Waals surface area contributed by atoms with E-state index in [1.165, 1.54) is 18.2 Å². The van der Waals surface area contributed by atoms with Crippen molar-refractivity contribution in [1.29, 1.82) is 15.8 Å². The molecule has 1 aliphatic heterocycles. The summed E-state index contributed by atoms with van der Waals surface area (Å²) >= 11 is 1.10. The number of allylic oxidation sites excluding steroid dienone is 1. The van der Waals surface area contributed by atoms with Crippen molar-refractivity contribution in [3.63, 3.8) is 0 Å². The highest BCUT2D eigenvalue weighted by molar-refractivity contribution is 7.16. The molecule has 0 amide bonds. The molecule has 2 heterocycles. The fourth-order valence-electron chi connectivity index (χ4n) is 5.06. The van der Waals surface area contributed by atoms with E-state index in [1.54, 1.807) is 12.1 Å². The minimum Gasteiger partial charge on any atom is -0.406 e. The molecule has 0 radical (unpaired) electrons. The van der Waals surface area contributed by atoms with Gasteiger partial charge in [0.15, 0.2) is 0 Å². The summed E-state index contributed by atoms with van der Waals surface area (Å²) in [6, 6.07) is 12.7. The third kappa shape index (κ3) is 4.06. The molecule has 1 atom stereocenters. The van der Waals surface area contributed by atoms with Crippen LogP contribution in [-0.4, -0.2) is 25.3 Å². The lowest BCUT2D eigenvalue weighted by Crippen LogP contribution is -2.17. The van der Waals surface area contributed by atoms with Crippen LogP contribution in [0.3, 0.4) is 0 Å². The zero-order chi connectivity index (χ0) is 28.6. The number of hydrogen-bond acceptors (Lipinski definition) is 7. The van der Waals surface area contributed by atoms with E-state index < -0.39 is 24.2 Å². The van der Waals surface area contributed by atoms with Gasteiger partial charge in [0, 0.05) is 38.6 Å². The van der Waals surface area contributed by atoms with Gasteiger partial charge in [0.2, 0.25) is 0 Å². The Hall–Kier alpha value is -4.77. The molecule has 3 aliphatic rings. The van der Waals surface area contributed by atoms with E-state index in [2.05, 4.69) is 20.9 Å². The number of halogens is 6. The second kappa shape index (κ2) is 8.62. The van der Waals surface area contributed by atoms with Crippen LogP contribution < -0.4 is 14.8 Å². The Morgan fingerprint density at radius 1 is 0.750 bits per heavy atom. The summed E-state index contributed by atoms with van der Waals surface area (Å²) in [5, 5.41) is 32.4.